The molecule has 2 aromatic rings. The molecule has 2 heterocycles. The number of urea groups is 1. The van der Waals surface area contributed by atoms with Crippen LogP contribution in [0, 0.1) is 0 Å². The molecule has 110 valence electrons. The van der Waals surface area contributed by atoms with E-state index in [1.807, 2.05) is 11.9 Å². The minimum absolute atomic E-state index is 0.0823. The molecule has 1 aromatic carbocycles. The molecule has 0 spiro atoms. The van der Waals surface area contributed by atoms with Crippen molar-refractivity contribution in [1.82, 2.24) is 14.7 Å². The summed E-state index contributed by atoms with van der Waals surface area (Å²) in [6.07, 6.45) is 4.32. The van der Waals surface area contributed by atoms with Crippen LogP contribution in [0.2, 0.25) is 0 Å². The van der Waals surface area contributed by atoms with E-state index in [4.69, 9.17) is 0 Å². The number of benzene rings is 1. The first-order valence-electron chi connectivity index (χ1n) is 6.86. The third-order valence-electron chi connectivity index (χ3n) is 3.77. The molecule has 1 aromatic heterocycles. The van der Waals surface area contributed by atoms with Crippen LogP contribution in [0.3, 0.4) is 0 Å². The fourth-order valence-corrected chi connectivity index (χ4v) is 3.07. The first kappa shape index (κ1) is 14.1. The number of hydrogen-bond donors (Lipinski definition) is 1. The van der Waals surface area contributed by atoms with Crippen molar-refractivity contribution in [3.8, 4) is 0 Å². The minimum atomic E-state index is -0.0823. The molecule has 2 amide bonds. The number of nitrogens with zero attached hydrogens (tertiary/aromatic N) is 3. The predicted molar refractivity (Wildman–Crippen MR) is 85.1 cm³/mol. The Hall–Kier alpha value is -1.82. The van der Waals surface area contributed by atoms with Gasteiger partial charge in [0.05, 0.1) is 11.9 Å². The summed E-state index contributed by atoms with van der Waals surface area (Å²) in [4.78, 5) is 14.3. The molecule has 5 nitrogen and oxygen atoms in total. The zero-order valence-electron chi connectivity index (χ0n) is 12.0. The molecule has 0 radical (unpaired) electrons. The van der Waals surface area contributed by atoms with Crippen molar-refractivity contribution >= 4 is 27.6 Å². The van der Waals surface area contributed by atoms with Crippen LogP contribution in [0.25, 0.3) is 0 Å². The molecule has 3 rings (SSSR count). The van der Waals surface area contributed by atoms with E-state index < -0.39 is 0 Å². The summed E-state index contributed by atoms with van der Waals surface area (Å²) in [7, 11) is 1.83. The van der Waals surface area contributed by atoms with E-state index in [2.05, 4.69) is 51.5 Å². The van der Waals surface area contributed by atoms with E-state index in [1.165, 1.54) is 11.1 Å². The zero-order chi connectivity index (χ0) is 15.0. The Morgan fingerprint density at radius 2 is 2.24 bits per heavy atom. The quantitative estimate of drug-likeness (QED) is 0.860. The molecule has 1 N–H and O–H groups in total. The molecule has 1 atom stereocenters. The van der Waals surface area contributed by atoms with Gasteiger partial charge in [-0.05, 0) is 36.6 Å². The van der Waals surface area contributed by atoms with Crippen molar-refractivity contribution in [2.45, 2.75) is 25.9 Å². The number of carbonyl (C=O) groups excluding carboxylic acids is 1. The van der Waals surface area contributed by atoms with E-state index in [1.54, 1.807) is 17.1 Å². The van der Waals surface area contributed by atoms with Crippen LogP contribution < -0.4 is 5.32 Å². The number of hydrogen-bond acceptors (Lipinski definition) is 2. The Balaban J connectivity index is 1.77. The Morgan fingerprint density at radius 1 is 1.43 bits per heavy atom. The molecular formula is C15H17BrN4O. The summed E-state index contributed by atoms with van der Waals surface area (Å²) in [5.41, 5.74) is 3.23. The van der Waals surface area contributed by atoms with Gasteiger partial charge in [0.1, 0.15) is 0 Å². The molecule has 1 aliphatic rings. The number of carbonyl (C=O) groups is 1. The van der Waals surface area contributed by atoms with Gasteiger partial charge in [-0.15, -0.1) is 0 Å². The lowest BCUT2D eigenvalue weighted by Gasteiger charge is -2.34. The fraction of sp³-hybridized carbons (Fsp3) is 0.333. The number of anilines is 1. The number of fused-ring (bicyclic) bond motifs is 1. The van der Waals surface area contributed by atoms with Crippen molar-refractivity contribution in [1.29, 1.82) is 0 Å². The van der Waals surface area contributed by atoms with Gasteiger partial charge in [0.25, 0.3) is 0 Å². The van der Waals surface area contributed by atoms with Gasteiger partial charge < -0.3 is 10.2 Å². The van der Waals surface area contributed by atoms with Crippen LogP contribution in [0.4, 0.5) is 10.5 Å². The Kier molecular flexibility index (Phi) is 3.71. The number of nitrogens with one attached hydrogen (secondary N) is 1. The smallest absolute Gasteiger partial charge is 0.317 e. The van der Waals surface area contributed by atoms with Gasteiger partial charge in [0.2, 0.25) is 0 Å². The monoisotopic (exact) mass is 348 g/mol. The van der Waals surface area contributed by atoms with E-state index in [-0.39, 0.29) is 12.1 Å². The maximum Gasteiger partial charge on any atom is 0.322 e. The summed E-state index contributed by atoms with van der Waals surface area (Å²) in [6.45, 7) is 2.70. The maximum atomic E-state index is 12.4. The topological polar surface area (TPSA) is 50.2 Å². The second-order valence-electron chi connectivity index (χ2n) is 5.43. The SMILES string of the molecule is CC1Cc2ccc(Br)cc2CN1C(=O)Nc1cnn(C)c1. The average Bonchev–Trinajstić information content (AvgIpc) is 2.83. The van der Waals surface area contributed by atoms with Crippen LogP contribution in [0.5, 0.6) is 0 Å². The van der Waals surface area contributed by atoms with E-state index in [0.717, 1.165) is 16.6 Å². The van der Waals surface area contributed by atoms with Gasteiger partial charge in [-0.1, -0.05) is 22.0 Å². The molecule has 6 heteroatoms. The highest BCUT2D eigenvalue weighted by Crippen LogP contribution is 2.26. The van der Waals surface area contributed by atoms with Crippen molar-refractivity contribution < 1.29 is 4.79 Å². The number of halogens is 1. The lowest BCUT2D eigenvalue weighted by atomic mass is 9.95. The van der Waals surface area contributed by atoms with Crippen molar-refractivity contribution in [2.24, 2.45) is 7.05 Å². The average molecular weight is 349 g/mol. The Bertz CT molecular complexity index is 682. The second-order valence-corrected chi connectivity index (χ2v) is 6.34. The zero-order valence-corrected chi connectivity index (χ0v) is 13.6. The number of amides is 2. The molecule has 0 saturated carbocycles. The predicted octanol–water partition coefficient (Wildman–Crippen LogP) is 3.16. The van der Waals surface area contributed by atoms with Crippen LogP contribution in [-0.4, -0.2) is 26.8 Å². The molecule has 0 bridgehead atoms. The Morgan fingerprint density at radius 3 is 2.95 bits per heavy atom. The van der Waals surface area contributed by atoms with Gasteiger partial charge in [-0.2, -0.15) is 5.10 Å². The van der Waals surface area contributed by atoms with Crippen LogP contribution >= 0.6 is 15.9 Å². The van der Waals surface area contributed by atoms with E-state index in [0.29, 0.717) is 6.54 Å². The van der Waals surface area contributed by atoms with Gasteiger partial charge in [0.15, 0.2) is 0 Å². The van der Waals surface area contributed by atoms with Gasteiger partial charge in [-0.25, -0.2) is 4.79 Å². The number of aromatic nitrogens is 2. The summed E-state index contributed by atoms with van der Waals surface area (Å²) >= 11 is 3.49. The maximum absolute atomic E-state index is 12.4. The highest BCUT2D eigenvalue weighted by Gasteiger charge is 2.27. The van der Waals surface area contributed by atoms with Crippen LogP contribution in [0.15, 0.2) is 35.1 Å². The molecular weight excluding hydrogens is 332 g/mol. The van der Waals surface area contributed by atoms with E-state index in [9.17, 15) is 4.79 Å². The lowest BCUT2D eigenvalue weighted by Crippen LogP contribution is -2.44. The Labute approximate surface area is 132 Å². The standard InChI is InChI=1S/C15H17BrN4O/c1-10-5-11-3-4-13(16)6-12(11)8-20(10)15(21)18-14-7-17-19(2)9-14/h3-4,6-7,9-10H,5,8H2,1-2H3,(H,18,21). The number of aryl methyl sites for hydroxylation is 1. The van der Waals surface area contributed by atoms with Gasteiger partial charge in [0, 0.05) is 30.3 Å². The lowest BCUT2D eigenvalue weighted by molar-refractivity contribution is 0.182. The highest BCUT2D eigenvalue weighted by molar-refractivity contribution is 9.10. The molecule has 0 saturated heterocycles. The van der Waals surface area contributed by atoms with Crippen LogP contribution in [-0.2, 0) is 20.0 Å². The van der Waals surface area contributed by atoms with Crippen LogP contribution in [0.1, 0.15) is 18.1 Å². The summed E-state index contributed by atoms with van der Waals surface area (Å²) < 4.78 is 2.71. The third kappa shape index (κ3) is 2.95. The minimum Gasteiger partial charge on any atom is -0.317 e. The largest absolute Gasteiger partial charge is 0.322 e. The summed E-state index contributed by atoms with van der Waals surface area (Å²) in [5.74, 6) is 0. The first-order valence-corrected chi connectivity index (χ1v) is 7.66. The third-order valence-corrected chi connectivity index (χ3v) is 4.27. The molecule has 0 aliphatic carbocycles. The molecule has 1 unspecified atom stereocenters. The first-order chi connectivity index (χ1) is 10.0. The molecule has 0 fully saturated rings. The van der Waals surface area contributed by atoms with Crippen molar-refractivity contribution in [3.05, 3.63) is 46.2 Å². The summed E-state index contributed by atoms with van der Waals surface area (Å²) in [5, 5.41) is 6.96. The van der Waals surface area contributed by atoms with Gasteiger partial charge >= 0.3 is 6.03 Å². The van der Waals surface area contributed by atoms with E-state index >= 15 is 0 Å². The molecule has 21 heavy (non-hydrogen) atoms. The second kappa shape index (κ2) is 5.52. The normalized spacial score (nSPS) is 17.5. The highest BCUT2D eigenvalue weighted by atomic mass is 79.9. The van der Waals surface area contributed by atoms with Crippen molar-refractivity contribution in [3.63, 3.8) is 0 Å². The number of rotatable bonds is 1. The summed E-state index contributed by atoms with van der Waals surface area (Å²) in [6, 6.07) is 6.37. The van der Waals surface area contributed by atoms with Gasteiger partial charge in [-0.3, -0.25) is 4.68 Å². The van der Waals surface area contributed by atoms with Crippen molar-refractivity contribution in [2.75, 3.05) is 5.32 Å². The molecule has 1 aliphatic heterocycles. The fourth-order valence-electron chi connectivity index (χ4n) is 2.66.